The largest absolute Gasteiger partial charge is 0.494 e. The minimum atomic E-state index is -3.82. The molecule has 3 aromatic rings. The number of hydrogen-bond donors (Lipinski definition) is 0. The van der Waals surface area contributed by atoms with Crippen molar-refractivity contribution in [1.82, 2.24) is 24.5 Å². The van der Waals surface area contributed by atoms with Gasteiger partial charge in [-0.3, -0.25) is 0 Å². The first-order chi connectivity index (χ1) is 15.9. The van der Waals surface area contributed by atoms with Gasteiger partial charge in [-0.2, -0.15) is 8.99 Å². The molecule has 10 heteroatoms. The molecule has 1 atom stereocenters. The number of sulfonamides is 1. The predicted octanol–water partition coefficient (Wildman–Crippen LogP) is 3.16. The Hall–Kier alpha value is -2.82. The van der Waals surface area contributed by atoms with Crippen molar-refractivity contribution in [3.05, 3.63) is 59.9 Å². The van der Waals surface area contributed by atoms with E-state index < -0.39 is 10.0 Å². The maximum atomic E-state index is 13.7. The summed E-state index contributed by atoms with van der Waals surface area (Å²) >= 11 is 0. The van der Waals surface area contributed by atoms with Gasteiger partial charge in [0.1, 0.15) is 17.8 Å². The van der Waals surface area contributed by atoms with Crippen molar-refractivity contribution in [2.24, 2.45) is 0 Å². The van der Waals surface area contributed by atoms with Gasteiger partial charge < -0.3 is 9.47 Å². The van der Waals surface area contributed by atoms with E-state index >= 15 is 0 Å². The van der Waals surface area contributed by atoms with Crippen LogP contribution < -0.4 is 4.74 Å². The third-order valence-electron chi connectivity index (χ3n) is 5.82. The summed E-state index contributed by atoms with van der Waals surface area (Å²) in [5, 5.41) is 11.1. The molecule has 33 heavy (non-hydrogen) atoms. The van der Waals surface area contributed by atoms with Crippen molar-refractivity contribution in [2.45, 2.75) is 50.2 Å². The molecule has 1 aliphatic rings. The van der Waals surface area contributed by atoms with Crippen molar-refractivity contribution in [3.63, 3.8) is 0 Å². The molecule has 1 unspecified atom stereocenters. The summed E-state index contributed by atoms with van der Waals surface area (Å²) in [6.45, 7) is 5.49. The van der Waals surface area contributed by atoms with Gasteiger partial charge in [0, 0.05) is 25.8 Å². The van der Waals surface area contributed by atoms with Crippen LogP contribution in [-0.4, -0.2) is 59.3 Å². The summed E-state index contributed by atoms with van der Waals surface area (Å²) in [6, 6.07) is 12.8. The highest BCUT2D eigenvalue weighted by Gasteiger charge is 2.30. The average molecular weight is 472 g/mol. The lowest BCUT2D eigenvalue weighted by Gasteiger charge is -2.25. The zero-order valence-corrected chi connectivity index (χ0v) is 19.9. The lowest BCUT2D eigenvalue weighted by atomic mass is 10.0. The first kappa shape index (κ1) is 23.3. The molecule has 0 aliphatic carbocycles. The number of benzene rings is 2. The molecule has 0 radical (unpaired) electrons. The summed E-state index contributed by atoms with van der Waals surface area (Å²) < 4.78 is 41.6. The first-order valence-electron chi connectivity index (χ1n) is 11.0. The number of aromatic nitrogens is 4. The molecule has 0 bridgehead atoms. The Morgan fingerprint density at radius 3 is 2.61 bits per heavy atom. The maximum Gasteiger partial charge on any atom is 0.243 e. The summed E-state index contributed by atoms with van der Waals surface area (Å²) in [4.78, 5) is 0.146. The summed E-state index contributed by atoms with van der Waals surface area (Å²) in [5.41, 5.74) is 2.70. The molecule has 2 aromatic carbocycles. The van der Waals surface area contributed by atoms with Gasteiger partial charge in [-0.15, -0.1) is 5.10 Å². The molecule has 0 saturated carbocycles. The van der Waals surface area contributed by atoms with E-state index in [0.717, 1.165) is 18.4 Å². The van der Waals surface area contributed by atoms with Crippen LogP contribution in [0.2, 0.25) is 0 Å². The molecule has 1 aliphatic heterocycles. The van der Waals surface area contributed by atoms with E-state index in [2.05, 4.69) is 41.5 Å². The fourth-order valence-electron chi connectivity index (χ4n) is 3.90. The third-order valence-corrected chi connectivity index (χ3v) is 7.63. The van der Waals surface area contributed by atoms with E-state index in [4.69, 9.17) is 9.47 Å². The highest BCUT2D eigenvalue weighted by Crippen LogP contribution is 2.29. The van der Waals surface area contributed by atoms with E-state index in [1.807, 2.05) is 12.1 Å². The van der Waals surface area contributed by atoms with Crippen LogP contribution in [0.3, 0.4) is 0 Å². The third kappa shape index (κ3) is 5.23. The second-order valence-electron chi connectivity index (χ2n) is 8.42. The van der Waals surface area contributed by atoms with Crippen LogP contribution in [-0.2, 0) is 21.3 Å². The monoisotopic (exact) mass is 471 g/mol. The van der Waals surface area contributed by atoms with E-state index in [1.165, 1.54) is 34.1 Å². The fraction of sp³-hybridized carbons (Fsp3) is 0.435. The topological polar surface area (TPSA) is 99.4 Å². The van der Waals surface area contributed by atoms with Gasteiger partial charge in [-0.25, -0.2) is 8.42 Å². The van der Waals surface area contributed by atoms with Gasteiger partial charge in [0.15, 0.2) is 0 Å². The number of ether oxygens (including phenoxy) is 2. The van der Waals surface area contributed by atoms with Crippen LogP contribution in [0.1, 0.15) is 43.7 Å². The normalized spacial score (nSPS) is 16.6. The van der Waals surface area contributed by atoms with Crippen LogP contribution in [0.25, 0.3) is 5.69 Å². The molecule has 0 amide bonds. The SMILES string of the molecule is COc1cc(S(=O)(=O)N(Cc2ccc(C(C)C)cc2)CC2CCCO2)ccc1-n1cnnn1. The van der Waals surface area contributed by atoms with Crippen LogP contribution in [0.4, 0.5) is 0 Å². The maximum absolute atomic E-state index is 13.7. The highest BCUT2D eigenvalue weighted by molar-refractivity contribution is 7.89. The van der Waals surface area contributed by atoms with Gasteiger partial charge in [0.2, 0.25) is 10.0 Å². The molecule has 2 heterocycles. The van der Waals surface area contributed by atoms with Crippen molar-refractivity contribution in [1.29, 1.82) is 0 Å². The van der Waals surface area contributed by atoms with E-state index in [9.17, 15) is 8.42 Å². The Bertz CT molecular complexity index is 1160. The number of hydrogen-bond acceptors (Lipinski definition) is 7. The number of rotatable bonds is 9. The van der Waals surface area contributed by atoms with Crippen molar-refractivity contribution in [2.75, 3.05) is 20.3 Å². The Labute approximate surface area is 194 Å². The van der Waals surface area contributed by atoms with Crippen molar-refractivity contribution in [3.8, 4) is 11.4 Å². The lowest BCUT2D eigenvalue weighted by Crippen LogP contribution is -2.37. The summed E-state index contributed by atoms with van der Waals surface area (Å²) in [5.74, 6) is 0.777. The van der Waals surface area contributed by atoms with Crippen LogP contribution in [0.5, 0.6) is 5.75 Å². The number of methoxy groups -OCH3 is 1. The Morgan fingerprint density at radius 1 is 1.21 bits per heavy atom. The smallest absolute Gasteiger partial charge is 0.243 e. The zero-order chi connectivity index (χ0) is 23.4. The van der Waals surface area contributed by atoms with E-state index in [0.29, 0.717) is 30.5 Å². The molecule has 1 fully saturated rings. The Morgan fingerprint density at radius 2 is 2.00 bits per heavy atom. The molecule has 4 rings (SSSR count). The minimum absolute atomic E-state index is 0.114. The summed E-state index contributed by atoms with van der Waals surface area (Å²) in [7, 11) is -2.33. The average Bonchev–Trinajstić information content (AvgIpc) is 3.53. The molecule has 1 saturated heterocycles. The Balaban J connectivity index is 1.66. The number of nitrogens with zero attached hydrogens (tertiary/aromatic N) is 5. The van der Waals surface area contributed by atoms with Crippen molar-refractivity contribution >= 4 is 10.0 Å². The standard InChI is InChI=1S/C23H29N5O4S/c1-17(2)19-8-6-18(7-9-19)14-27(15-20-5-4-12-32-20)33(29,30)21-10-11-22(23(13-21)31-3)28-16-24-25-26-28/h6-11,13,16-17,20H,4-5,12,14-15H2,1-3H3. The number of tetrazole rings is 1. The van der Waals surface area contributed by atoms with Gasteiger partial charge in [-0.1, -0.05) is 38.1 Å². The summed E-state index contributed by atoms with van der Waals surface area (Å²) in [6.07, 6.45) is 3.10. The second kappa shape index (κ2) is 9.98. The van der Waals surface area contributed by atoms with Crippen molar-refractivity contribution < 1.29 is 17.9 Å². The van der Waals surface area contributed by atoms with E-state index in [-0.39, 0.29) is 17.5 Å². The highest BCUT2D eigenvalue weighted by atomic mass is 32.2. The predicted molar refractivity (Wildman–Crippen MR) is 123 cm³/mol. The Kier molecular flexibility index (Phi) is 7.06. The molecule has 1 aromatic heterocycles. The van der Waals surface area contributed by atoms with Gasteiger partial charge >= 0.3 is 0 Å². The minimum Gasteiger partial charge on any atom is -0.494 e. The molecule has 9 nitrogen and oxygen atoms in total. The fourth-order valence-corrected chi connectivity index (χ4v) is 5.38. The lowest BCUT2D eigenvalue weighted by molar-refractivity contribution is 0.0926. The van der Waals surface area contributed by atoms with Crippen LogP contribution in [0, 0.1) is 0 Å². The van der Waals surface area contributed by atoms with Gasteiger partial charge in [-0.05, 0) is 52.4 Å². The van der Waals surface area contributed by atoms with Gasteiger partial charge in [0.25, 0.3) is 0 Å². The zero-order valence-electron chi connectivity index (χ0n) is 19.1. The quantitative estimate of drug-likeness (QED) is 0.473. The molecular formula is C23H29N5O4S. The molecular weight excluding hydrogens is 442 g/mol. The molecule has 176 valence electrons. The molecule has 0 spiro atoms. The van der Waals surface area contributed by atoms with Crippen LogP contribution in [0.15, 0.2) is 53.7 Å². The van der Waals surface area contributed by atoms with E-state index in [1.54, 1.807) is 12.1 Å². The van der Waals surface area contributed by atoms with Gasteiger partial charge in [0.05, 0.1) is 18.1 Å². The first-order valence-corrected chi connectivity index (χ1v) is 12.4. The second-order valence-corrected chi connectivity index (χ2v) is 10.4. The molecule has 0 N–H and O–H groups in total. The van der Waals surface area contributed by atoms with Crippen LogP contribution >= 0.6 is 0 Å².